The molecule has 0 fully saturated rings. The second kappa shape index (κ2) is 6.52. The maximum Gasteiger partial charge on any atom is 0.00967 e. The maximum atomic E-state index is 3.67. The summed E-state index contributed by atoms with van der Waals surface area (Å²) in [7, 11) is 0. The van der Waals surface area contributed by atoms with E-state index in [4.69, 9.17) is 0 Å². The van der Waals surface area contributed by atoms with Crippen LogP contribution < -0.4 is 5.32 Å². The molecule has 0 aromatic heterocycles. The van der Waals surface area contributed by atoms with E-state index >= 15 is 0 Å². The molecular formula is C14H31N. The second-order valence-electron chi connectivity index (χ2n) is 5.91. The van der Waals surface area contributed by atoms with Crippen LogP contribution in [0, 0.1) is 5.41 Å². The van der Waals surface area contributed by atoms with Crippen LogP contribution in [0.5, 0.6) is 0 Å². The van der Waals surface area contributed by atoms with Crippen molar-refractivity contribution in [1.29, 1.82) is 0 Å². The van der Waals surface area contributed by atoms with E-state index in [0.29, 0.717) is 5.41 Å². The third kappa shape index (κ3) is 6.19. The van der Waals surface area contributed by atoms with Crippen LogP contribution in [0.2, 0.25) is 0 Å². The largest absolute Gasteiger partial charge is 0.312 e. The van der Waals surface area contributed by atoms with E-state index in [9.17, 15) is 0 Å². The zero-order valence-electron chi connectivity index (χ0n) is 11.7. The molecule has 0 rings (SSSR count). The van der Waals surface area contributed by atoms with E-state index in [2.05, 4.69) is 46.9 Å². The molecule has 0 unspecified atom stereocenters. The summed E-state index contributed by atoms with van der Waals surface area (Å²) in [6, 6.07) is 0. The fraction of sp³-hybridized carbons (Fsp3) is 1.00. The normalized spacial score (nSPS) is 13.2. The Kier molecular flexibility index (Phi) is 6.51. The highest BCUT2D eigenvalue weighted by Gasteiger charge is 2.26. The van der Waals surface area contributed by atoms with Gasteiger partial charge in [-0.1, -0.05) is 33.6 Å². The summed E-state index contributed by atoms with van der Waals surface area (Å²) in [6.07, 6.45) is 6.66. The van der Waals surface area contributed by atoms with Crippen molar-refractivity contribution in [1.82, 2.24) is 5.32 Å². The predicted octanol–water partition coefficient (Wildman–Crippen LogP) is 4.37. The van der Waals surface area contributed by atoms with Crippen LogP contribution in [0.3, 0.4) is 0 Å². The van der Waals surface area contributed by atoms with Gasteiger partial charge in [0, 0.05) is 12.1 Å². The summed E-state index contributed by atoms with van der Waals surface area (Å²) in [4.78, 5) is 0. The highest BCUT2D eigenvalue weighted by molar-refractivity contribution is 4.82. The highest BCUT2D eigenvalue weighted by atomic mass is 15.0. The lowest BCUT2D eigenvalue weighted by Crippen LogP contribution is -2.43. The second-order valence-corrected chi connectivity index (χ2v) is 5.91. The number of nitrogens with one attached hydrogen (secondary N) is 1. The van der Waals surface area contributed by atoms with Crippen molar-refractivity contribution in [2.75, 3.05) is 6.54 Å². The maximum absolute atomic E-state index is 3.67. The predicted molar refractivity (Wildman–Crippen MR) is 70.3 cm³/mol. The summed E-state index contributed by atoms with van der Waals surface area (Å²) in [6.45, 7) is 14.9. The van der Waals surface area contributed by atoms with E-state index in [0.717, 1.165) is 0 Å². The van der Waals surface area contributed by atoms with Gasteiger partial charge in [0.25, 0.3) is 0 Å². The van der Waals surface area contributed by atoms with Gasteiger partial charge in [-0.2, -0.15) is 0 Å². The van der Waals surface area contributed by atoms with Gasteiger partial charge in [-0.3, -0.25) is 0 Å². The molecule has 0 aliphatic carbocycles. The molecule has 0 aliphatic rings. The highest BCUT2D eigenvalue weighted by Crippen LogP contribution is 2.32. The molecule has 0 aliphatic heterocycles. The van der Waals surface area contributed by atoms with Crippen molar-refractivity contribution in [3.63, 3.8) is 0 Å². The molecule has 0 saturated heterocycles. The Hall–Kier alpha value is -0.0400. The summed E-state index contributed by atoms with van der Waals surface area (Å²) in [5, 5.41) is 3.67. The minimum absolute atomic E-state index is 0.252. The molecule has 0 saturated carbocycles. The van der Waals surface area contributed by atoms with Gasteiger partial charge < -0.3 is 5.32 Å². The minimum Gasteiger partial charge on any atom is -0.312 e. The molecule has 1 N–H and O–H groups in total. The third-order valence-electron chi connectivity index (χ3n) is 3.55. The van der Waals surface area contributed by atoms with E-state index in [-0.39, 0.29) is 5.54 Å². The average molecular weight is 213 g/mol. The zero-order valence-corrected chi connectivity index (χ0v) is 11.7. The Morgan fingerprint density at radius 2 is 1.47 bits per heavy atom. The van der Waals surface area contributed by atoms with Crippen LogP contribution in [0.25, 0.3) is 0 Å². The zero-order chi connectivity index (χ0) is 11.9. The fourth-order valence-corrected chi connectivity index (χ4v) is 1.95. The molecular weight excluding hydrogens is 182 g/mol. The van der Waals surface area contributed by atoms with Crippen molar-refractivity contribution in [3.05, 3.63) is 0 Å². The number of rotatable bonds is 7. The smallest absolute Gasteiger partial charge is 0.00967 e. The lowest BCUT2D eigenvalue weighted by atomic mass is 9.77. The summed E-state index contributed by atoms with van der Waals surface area (Å²) >= 11 is 0. The Labute approximate surface area is 97.0 Å². The molecule has 0 atom stereocenters. The Balaban J connectivity index is 4.23. The monoisotopic (exact) mass is 213 g/mol. The lowest BCUT2D eigenvalue weighted by Gasteiger charge is -2.35. The quantitative estimate of drug-likeness (QED) is 0.662. The Bertz CT molecular complexity index is 151. The van der Waals surface area contributed by atoms with Gasteiger partial charge in [-0.15, -0.1) is 0 Å². The number of unbranched alkanes of at least 4 members (excludes halogenated alkanes) is 1. The van der Waals surface area contributed by atoms with Gasteiger partial charge in [0.2, 0.25) is 0 Å². The van der Waals surface area contributed by atoms with Gasteiger partial charge in [0.05, 0.1) is 0 Å². The van der Waals surface area contributed by atoms with Crippen molar-refractivity contribution in [2.45, 2.75) is 79.2 Å². The van der Waals surface area contributed by atoms with E-state index < -0.39 is 0 Å². The van der Waals surface area contributed by atoms with E-state index in [1.807, 2.05) is 0 Å². The first kappa shape index (κ1) is 15.0. The fourth-order valence-electron chi connectivity index (χ4n) is 1.95. The standard InChI is InChI=1S/C14H31N/c1-7-10-11-14(8-2,9-3)12-15-13(4,5)6/h15H,7-12H2,1-6H3. The van der Waals surface area contributed by atoms with E-state index in [1.54, 1.807) is 0 Å². The van der Waals surface area contributed by atoms with Gasteiger partial charge in [-0.05, 0) is 45.4 Å². The summed E-state index contributed by atoms with van der Waals surface area (Å²) in [5.74, 6) is 0. The molecule has 0 amide bonds. The van der Waals surface area contributed by atoms with Crippen LogP contribution in [-0.2, 0) is 0 Å². The Morgan fingerprint density at radius 3 is 1.80 bits per heavy atom. The van der Waals surface area contributed by atoms with Gasteiger partial charge in [-0.25, -0.2) is 0 Å². The van der Waals surface area contributed by atoms with Crippen LogP contribution >= 0.6 is 0 Å². The molecule has 0 bridgehead atoms. The van der Waals surface area contributed by atoms with E-state index in [1.165, 1.54) is 38.6 Å². The molecule has 1 nitrogen and oxygen atoms in total. The van der Waals surface area contributed by atoms with Gasteiger partial charge in [0.1, 0.15) is 0 Å². The van der Waals surface area contributed by atoms with Gasteiger partial charge in [0.15, 0.2) is 0 Å². The first-order valence-electron chi connectivity index (χ1n) is 6.64. The molecule has 0 aromatic carbocycles. The molecule has 0 radical (unpaired) electrons. The molecule has 0 spiro atoms. The van der Waals surface area contributed by atoms with Crippen molar-refractivity contribution < 1.29 is 0 Å². The number of hydrogen-bond donors (Lipinski definition) is 1. The van der Waals surface area contributed by atoms with Crippen molar-refractivity contribution in [2.24, 2.45) is 5.41 Å². The van der Waals surface area contributed by atoms with Crippen LogP contribution in [-0.4, -0.2) is 12.1 Å². The van der Waals surface area contributed by atoms with Crippen molar-refractivity contribution in [3.8, 4) is 0 Å². The Morgan fingerprint density at radius 1 is 0.933 bits per heavy atom. The molecule has 1 heteroatoms. The SMILES string of the molecule is CCCCC(CC)(CC)CNC(C)(C)C. The lowest BCUT2D eigenvalue weighted by molar-refractivity contribution is 0.200. The average Bonchev–Trinajstić information content (AvgIpc) is 2.18. The molecule has 0 heterocycles. The third-order valence-corrected chi connectivity index (χ3v) is 3.55. The topological polar surface area (TPSA) is 12.0 Å². The molecule has 15 heavy (non-hydrogen) atoms. The molecule has 0 aromatic rings. The first-order chi connectivity index (χ1) is 6.89. The minimum atomic E-state index is 0.252. The summed E-state index contributed by atoms with van der Waals surface area (Å²) in [5.41, 5.74) is 0.783. The van der Waals surface area contributed by atoms with Crippen molar-refractivity contribution >= 4 is 0 Å². The van der Waals surface area contributed by atoms with Gasteiger partial charge >= 0.3 is 0 Å². The number of hydrogen-bond acceptors (Lipinski definition) is 1. The van der Waals surface area contributed by atoms with Crippen LogP contribution in [0.1, 0.15) is 73.6 Å². The summed E-state index contributed by atoms with van der Waals surface area (Å²) < 4.78 is 0. The van der Waals surface area contributed by atoms with Crippen LogP contribution in [0.15, 0.2) is 0 Å². The molecule has 92 valence electrons. The van der Waals surface area contributed by atoms with Crippen LogP contribution in [0.4, 0.5) is 0 Å². The first-order valence-corrected chi connectivity index (χ1v) is 6.64.